The zero-order chi connectivity index (χ0) is 23.5. The number of aliphatic imine (C=N–C) groups is 1. The van der Waals surface area contributed by atoms with E-state index in [0.29, 0.717) is 43.6 Å². The average Bonchev–Trinajstić information content (AvgIpc) is 2.82. The fourth-order valence-electron chi connectivity index (χ4n) is 3.22. The van der Waals surface area contributed by atoms with Crippen LogP contribution in [0.15, 0.2) is 62.0 Å². The number of hydrogen-bond donors (Lipinski definition) is 2. The second-order valence-corrected chi connectivity index (χ2v) is 8.22. The van der Waals surface area contributed by atoms with Crippen molar-refractivity contribution >= 4 is 24.7 Å². The summed E-state index contributed by atoms with van der Waals surface area (Å²) in [5.74, 6) is 2.65. The molecule has 1 aliphatic rings. The molecule has 0 unspecified atom stereocenters. The number of hydrogen-bond acceptors (Lipinski definition) is 9. The number of nitrogens with two attached hydrogens (primary N) is 2. The highest BCUT2D eigenvalue weighted by molar-refractivity contribution is 7.99. The lowest BCUT2D eigenvalue weighted by atomic mass is 10.2. The molecule has 0 radical (unpaired) electrons. The van der Waals surface area contributed by atoms with Crippen molar-refractivity contribution < 1.29 is 19.0 Å². The molecule has 0 aliphatic carbocycles. The molecule has 9 heteroatoms. The molecule has 4 N–H and O–H groups in total. The van der Waals surface area contributed by atoms with Gasteiger partial charge < -0.3 is 30.5 Å². The SMILES string of the molecule is C=NOc1cc(CN=C/C(=C\N)CN)cc2c1Sc1c(OC)cccc1OCCCCCO2. The summed E-state index contributed by atoms with van der Waals surface area (Å²) in [5.41, 5.74) is 12.8. The summed E-state index contributed by atoms with van der Waals surface area (Å²) in [4.78, 5) is 11.6. The van der Waals surface area contributed by atoms with Gasteiger partial charge in [-0.1, -0.05) is 23.0 Å². The van der Waals surface area contributed by atoms with Crippen LogP contribution < -0.4 is 30.5 Å². The second-order valence-electron chi connectivity index (χ2n) is 7.20. The van der Waals surface area contributed by atoms with E-state index in [1.165, 1.54) is 18.0 Å². The molecule has 176 valence electrons. The monoisotopic (exact) mass is 470 g/mol. The molecule has 1 aliphatic heterocycles. The smallest absolute Gasteiger partial charge is 0.175 e. The van der Waals surface area contributed by atoms with Crippen LogP contribution in [0.1, 0.15) is 24.8 Å². The number of rotatable bonds is 7. The maximum absolute atomic E-state index is 6.20. The van der Waals surface area contributed by atoms with E-state index in [4.69, 9.17) is 30.5 Å². The predicted molar refractivity (Wildman–Crippen MR) is 132 cm³/mol. The van der Waals surface area contributed by atoms with Crippen molar-refractivity contribution in [3.8, 4) is 23.0 Å². The first-order valence-electron chi connectivity index (χ1n) is 10.7. The summed E-state index contributed by atoms with van der Waals surface area (Å²) >= 11 is 1.45. The van der Waals surface area contributed by atoms with Crippen LogP contribution in [-0.4, -0.2) is 39.8 Å². The van der Waals surface area contributed by atoms with Gasteiger partial charge >= 0.3 is 0 Å². The van der Waals surface area contributed by atoms with Crippen LogP contribution in [0.5, 0.6) is 23.0 Å². The Balaban J connectivity index is 2.04. The lowest BCUT2D eigenvalue weighted by Gasteiger charge is -2.19. The highest BCUT2D eigenvalue weighted by Crippen LogP contribution is 2.49. The molecular formula is C24H30N4O4S. The van der Waals surface area contributed by atoms with Crippen molar-refractivity contribution in [2.45, 2.75) is 35.6 Å². The number of nitrogens with zero attached hydrogens (tertiary/aromatic N) is 2. The zero-order valence-corrected chi connectivity index (χ0v) is 19.6. The van der Waals surface area contributed by atoms with E-state index in [1.807, 2.05) is 30.3 Å². The third-order valence-electron chi connectivity index (χ3n) is 4.89. The first-order chi connectivity index (χ1) is 16.2. The number of benzene rings is 2. The van der Waals surface area contributed by atoms with Gasteiger partial charge in [-0.05, 0) is 60.9 Å². The van der Waals surface area contributed by atoms with Gasteiger partial charge in [-0.3, -0.25) is 4.99 Å². The molecular weight excluding hydrogens is 440 g/mol. The minimum absolute atomic E-state index is 0.321. The molecule has 0 aromatic heterocycles. The Morgan fingerprint density at radius 2 is 1.88 bits per heavy atom. The maximum Gasteiger partial charge on any atom is 0.175 e. The fraction of sp³-hybridized carbons (Fsp3) is 0.333. The van der Waals surface area contributed by atoms with E-state index in [2.05, 4.69) is 16.9 Å². The minimum Gasteiger partial charge on any atom is -0.495 e. The molecule has 0 saturated heterocycles. The van der Waals surface area contributed by atoms with E-state index < -0.39 is 0 Å². The van der Waals surface area contributed by atoms with Crippen molar-refractivity contribution in [3.63, 3.8) is 0 Å². The van der Waals surface area contributed by atoms with Gasteiger partial charge in [-0.2, -0.15) is 0 Å². The molecule has 0 spiro atoms. The molecule has 8 nitrogen and oxygen atoms in total. The zero-order valence-electron chi connectivity index (χ0n) is 18.8. The third-order valence-corrected chi connectivity index (χ3v) is 6.11. The highest BCUT2D eigenvalue weighted by atomic mass is 32.2. The molecule has 0 fully saturated rings. The van der Waals surface area contributed by atoms with E-state index in [-0.39, 0.29) is 0 Å². The Kier molecular flexibility index (Phi) is 9.46. The van der Waals surface area contributed by atoms with Crippen LogP contribution in [-0.2, 0) is 6.54 Å². The van der Waals surface area contributed by atoms with Crippen molar-refractivity contribution in [2.24, 2.45) is 21.6 Å². The summed E-state index contributed by atoms with van der Waals surface area (Å²) in [5, 5.41) is 3.66. The van der Waals surface area contributed by atoms with Gasteiger partial charge in [0.15, 0.2) is 5.75 Å². The molecule has 0 saturated carbocycles. The maximum atomic E-state index is 6.20. The second kappa shape index (κ2) is 12.8. The third kappa shape index (κ3) is 6.66. The minimum atomic E-state index is 0.321. The Morgan fingerprint density at radius 3 is 2.58 bits per heavy atom. The Labute approximate surface area is 198 Å². The summed E-state index contributed by atoms with van der Waals surface area (Å²) in [6.45, 7) is 5.41. The first-order valence-corrected chi connectivity index (χ1v) is 11.5. The topological polar surface area (TPSA) is 114 Å². The number of ether oxygens (including phenoxy) is 3. The quantitative estimate of drug-likeness (QED) is 0.461. The standard InChI is InChI=1S/C24H30N4O4S/c1-27-32-22-12-17(15-28-16-18(13-25)14-26)11-21-24(22)33-23-19(29-2)7-6-8-20(23)30-9-4-3-5-10-31-21/h6-8,11-13,16H,1,3-5,9-10,14-15,25-26H2,2H3/b18-13-,28-16?. The summed E-state index contributed by atoms with van der Waals surface area (Å²) in [6.07, 6.45) is 5.97. The Morgan fingerprint density at radius 1 is 1.12 bits per heavy atom. The van der Waals surface area contributed by atoms with Gasteiger partial charge in [0.2, 0.25) is 0 Å². The van der Waals surface area contributed by atoms with E-state index in [1.54, 1.807) is 13.3 Å². The normalized spacial score (nSPS) is 14.7. The number of oxime groups is 1. The van der Waals surface area contributed by atoms with Crippen LogP contribution >= 0.6 is 11.8 Å². The molecule has 1 heterocycles. The summed E-state index contributed by atoms with van der Waals surface area (Å²) in [6, 6.07) is 9.59. The largest absolute Gasteiger partial charge is 0.495 e. The number of fused-ring (bicyclic) bond motifs is 2. The van der Waals surface area contributed by atoms with Crippen LogP contribution in [0, 0.1) is 0 Å². The first kappa shape index (κ1) is 24.5. The van der Waals surface area contributed by atoms with Crippen LogP contribution in [0.25, 0.3) is 0 Å². The van der Waals surface area contributed by atoms with Gasteiger partial charge in [-0.15, -0.1) is 0 Å². The Hall–Kier alpha value is -3.17. The molecule has 0 atom stereocenters. The lowest BCUT2D eigenvalue weighted by Crippen LogP contribution is -2.06. The van der Waals surface area contributed by atoms with Gasteiger partial charge in [-0.25, -0.2) is 0 Å². The molecule has 0 amide bonds. The molecule has 3 rings (SSSR count). The van der Waals surface area contributed by atoms with Crippen molar-refractivity contribution in [2.75, 3.05) is 26.9 Å². The molecule has 2 aromatic carbocycles. The lowest BCUT2D eigenvalue weighted by molar-refractivity contribution is 0.266. The molecule has 33 heavy (non-hydrogen) atoms. The van der Waals surface area contributed by atoms with Gasteiger partial charge in [0, 0.05) is 19.5 Å². The average molecular weight is 471 g/mol. The Bertz CT molecular complexity index is 1010. The van der Waals surface area contributed by atoms with Crippen molar-refractivity contribution in [1.82, 2.24) is 0 Å². The van der Waals surface area contributed by atoms with Gasteiger partial charge in [0.1, 0.15) is 22.1 Å². The van der Waals surface area contributed by atoms with Crippen LogP contribution in [0.4, 0.5) is 0 Å². The van der Waals surface area contributed by atoms with E-state index in [9.17, 15) is 0 Å². The van der Waals surface area contributed by atoms with Gasteiger partial charge in [0.25, 0.3) is 0 Å². The highest BCUT2D eigenvalue weighted by Gasteiger charge is 2.21. The van der Waals surface area contributed by atoms with Crippen molar-refractivity contribution in [1.29, 1.82) is 0 Å². The number of methoxy groups -OCH3 is 1. The van der Waals surface area contributed by atoms with E-state index >= 15 is 0 Å². The summed E-state index contributed by atoms with van der Waals surface area (Å²) < 4.78 is 17.9. The van der Waals surface area contributed by atoms with Crippen molar-refractivity contribution in [3.05, 3.63) is 47.7 Å². The predicted octanol–water partition coefficient (Wildman–Crippen LogP) is 4.15. The van der Waals surface area contributed by atoms with Crippen LogP contribution in [0.3, 0.4) is 0 Å². The van der Waals surface area contributed by atoms with Crippen LogP contribution in [0.2, 0.25) is 0 Å². The fourth-order valence-corrected chi connectivity index (χ4v) is 4.32. The summed E-state index contributed by atoms with van der Waals surface area (Å²) in [7, 11) is 1.64. The van der Waals surface area contributed by atoms with E-state index in [0.717, 1.165) is 45.9 Å². The molecule has 0 bridgehead atoms. The van der Waals surface area contributed by atoms with Gasteiger partial charge in [0.05, 0.1) is 31.8 Å². The molecule has 2 aromatic rings.